The molecule has 0 amide bonds. The number of aromatic nitrogens is 3. The third kappa shape index (κ3) is 3.19. The van der Waals surface area contributed by atoms with E-state index in [-0.39, 0.29) is 0 Å². The van der Waals surface area contributed by atoms with Gasteiger partial charge in [-0.25, -0.2) is 9.97 Å². The third-order valence-corrected chi connectivity index (χ3v) is 3.01. The van der Waals surface area contributed by atoms with Gasteiger partial charge < -0.3 is 10.6 Å². The van der Waals surface area contributed by atoms with Crippen molar-refractivity contribution in [3.63, 3.8) is 0 Å². The summed E-state index contributed by atoms with van der Waals surface area (Å²) in [6.45, 7) is 7.70. The second kappa shape index (κ2) is 6.13. The molecule has 2 N–H and O–H groups in total. The lowest BCUT2D eigenvalue weighted by atomic mass is 10.1. The van der Waals surface area contributed by atoms with Gasteiger partial charge in [-0.2, -0.15) is 0 Å². The van der Waals surface area contributed by atoms with Crippen LogP contribution in [0.1, 0.15) is 23.6 Å². The summed E-state index contributed by atoms with van der Waals surface area (Å²) in [5, 5.41) is 6.57. The predicted molar refractivity (Wildman–Crippen MR) is 77.2 cm³/mol. The minimum absolute atomic E-state index is 0.734. The van der Waals surface area contributed by atoms with E-state index in [1.54, 1.807) is 12.5 Å². The lowest BCUT2D eigenvalue weighted by molar-refractivity contribution is 1.03. The van der Waals surface area contributed by atoms with Gasteiger partial charge in [0.25, 0.3) is 0 Å². The number of pyridine rings is 1. The molecule has 0 fully saturated rings. The SMILES string of the molecule is CCNc1ncnc(NCc2ccncc2C)c1C. The first-order valence-corrected chi connectivity index (χ1v) is 6.41. The molecule has 0 atom stereocenters. The summed E-state index contributed by atoms with van der Waals surface area (Å²) in [4.78, 5) is 12.6. The van der Waals surface area contributed by atoms with Crippen LogP contribution in [0.25, 0.3) is 0 Å². The molecule has 0 bridgehead atoms. The van der Waals surface area contributed by atoms with Crippen molar-refractivity contribution >= 4 is 11.6 Å². The summed E-state index contributed by atoms with van der Waals surface area (Å²) in [7, 11) is 0. The van der Waals surface area contributed by atoms with Crippen LogP contribution in [0.4, 0.5) is 11.6 Å². The van der Waals surface area contributed by atoms with Crippen LogP contribution in [0.15, 0.2) is 24.8 Å². The summed E-state index contributed by atoms with van der Waals surface area (Å²) in [5.41, 5.74) is 3.43. The van der Waals surface area contributed by atoms with E-state index >= 15 is 0 Å². The summed E-state index contributed by atoms with van der Waals surface area (Å²) in [6, 6.07) is 2.02. The van der Waals surface area contributed by atoms with E-state index in [2.05, 4.69) is 39.4 Å². The molecule has 5 heteroatoms. The summed E-state index contributed by atoms with van der Waals surface area (Å²) < 4.78 is 0. The van der Waals surface area contributed by atoms with E-state index in [1.165, 1.54) is 11.1 Å². The van der Waals surface area contributed by atoms with Crippen molar-refractivity contribution in [1.29, 1.82) is 0 Å². The smallest absolute Gasteiger partial charge is 0.134 e. The van der Waals surface area contributed by atoms with Gasteiger partial charge in [0, 0.05) is 31.0 Å². The van der Waals surface area contributed by atoms with Crippen molar-refractivity contribution < 1.29 is 0 Å². The number of rotatable bonds is 5. The van der Waals surface area contributed by atoms with Crippen LogP contribution in [0.3, 0.4) is 0 Å². The maximum atomic E-state index is 4.29. The molecule has 0 spiro atoms. The molecule has 19 heavy (non-hydrogen) atoms. The lowest BCUT2D eigenvalue weighted by Crippen LogP contribution is -2.08. The molecule has 2 heterocycles. The van der Waals surface area contributed by atoms with E-state index < -0.39 is 0 Å². The Morgan fingerprint density at radius 1 is 1.11 bits per heavy atom. The fourth-order valence-corrected chi connectivity index (χ4v) is 1.85. The Bertz CT molecular complexity index is 553. The van der Waals surface area contributed by atoms with Gasteiger partial charge in [0.05, 0.1) is 0 Å². The van der Waals surface area contributed by atoms with Crippen molar-refractivity contribution in [2.45, 2.75) is 27.3 Å². The van der Waals surface area contributed by atoms with Crippen LogP contribution >= 0.6 is 0 Å². The summed E-state index contributed by atoms with van der Waals surface area (Å²) >= 11 is 0. The first-order valence-electron chi connectivity index (χ1n) is 6.41. The van der Waals surface area contributed by atoms with Crippen molar-refractivity contribution in [3.05, 3.63) is 41.5 Å². The molecule has 0 aliphatic carbocycles. The first-order chi connectivity index (χ1) is 9.22. The average molecular weight is 257 g/mol. The number of aryl methyl sites for hydroxylation is 1. The van der Waals surface area contributed by atoms with Gasteiger partial charge in [0.2, 0.25) is 0 Å². The van der Waals surface area contributed by atoms with Gasteiger partial charge in [0.1, 0.15) is 18.0 Å². The standard InChI is InChI=1S/C14H19N5/c1-4-16-13-11(3)14(19-9-18-13)17-8-12-5-6-15-7-10(12)2/h5-7,9H,4,8H2,1-3H3,(H2,16,17,18,19). The first kappa shape index (κ1) is 13.3. The van der Waals surface area contributed by atoms with E-state index in [0.717, 1.165) is 30.3 Å². The Kier molecular flexibility index (Phi) is 4.28. The fourth-order valence-electron chi connectivity index (χ4n) is 1.85. The highest BCUT2D eigenvalue weighted by molar-refractivity contribution is 5.56. The van der Waals surface area contributed by atoms with Crippen molar-refractivity contribution in [3.8, 4) is 0 Å². The normalized spacial score (nSPS) is 10.3. The molecule has 0 aliphatic heterocycles. The molecule has 0 unspecified atom stereocenters. The molecule has 0 saturated carbocycles. The van der Waals surface area contributed by atoms with Crippen molar-refractivity contribution in [2.75, 3.05) is 17.2 Å². The molecule has 0 aliphatic rings. The largest absolute Gasteiger partial charge is 0.370 e. The zero-order valence-electron chi connectivity index (χ0n) is 11.6. The molecule has 100 valence electrons. The quantitative estimate of drug-likeness (QED) is 0.861. The highest BCUT2D eigenvalue weighted by atomic mass is 15.1. The predicted octanol–water partition coefficient (Wildman–Crippen LogP) is 2.53. The second-order valence-corrected chi connectivity index (χ2v) is 4.38. The number of hydrogen-bond acceptors (Lipinski definition) is 5. The maximum Gasteiger partial charge on any atom is 0.134 e. The van der Waals surface area contributed by atoms with E-state index in [1.807, 2.05) is 19.2 Å². The van der Waals surface area contributed by atoms with E-state index in [9.17, 15) is 0 Å². The van der Waals surface area contributed by atoms with Gasteiger partial charge in [-0.15, -0.1) is 0 Å². The van der Waals surface area contributed by atoms with Crippen molar-refractivity contribution in [1.82, 2.24) is 15.0 Å². The number of hydrogen-bond donors (Lipinski definition) is 2. The monoisotopic (exact) mass is 257 g/mol. The van der Waals surface area contributed by atoms with Gasteiger partial charge in [-0.05, 0) is 38.0 Å². The summed E-state index contributed by atoms with van der Waals surface area (Å²) in [6.07, 6.45) is 5.25. The molecule has 5 nitrogen and oxygen atoms in total. The molecule has 2 aromatic heterocycles. The lowest BCUT2D eigenvalue weighted by Gasteiger charge is -2.12. The van der Waals surface area contributed by atoms with Crippen LogP contribution in [-0.2, 0) is 6.54 Å². The summed E-state index contributed by atoms with van der Waals surface area (Å²) in [5.74, 6) is 1.74. The van der Waals surface area contributed by atoms with Crippen LogP contribution in [0.5, 0.6) is 0 Å². The molecule has 0 saturated heterocycles. The van der Waals surface area contributed by atoms with Crippen LogP contribution in [0.2, 0.25) is 0 Å². The van der Waals surface area contributed by atoms with Crippen molar-refractivity contribution in [2.24, 2.45) is 0 Å². The Labute approximate surface area is 113 Å². The third-order valence-electron chi connectivity index (χ3n) is 3.01. The van der Waals surface area contributed by atoms with Gasteiger partial charge >= 0.3 is 0 Å². The average Bonchev–Trinajstić information content (AvgIpc) is 2.42. The molecule has 2 aromatic rings. The Morgan fingerprint density at radius 2 is 1.84 bits per heavy atom. The van der Waals surface area contributed by atoms with Gasteiger partial charge in [-0.1, -0.05) is 0 Å². The molecule has 0 aromatic carbocycles. The Balaban J connectivity index is 2.12. The Morgan fingerprint density at radius 3 is 2.53 bits per heavy atom. The maximum absolute atomic E-state index is 4.29. The molecular formula is C14H19N5. The number of anilines is 2. The van der Waals surface area contributed by atoms with E-state index in [4.69, 9.17) is 0 Å². The topological polar surface area (TPSA) is 62.7 Å². The molecule has 2 rings (SSSR count). The highest BCUT2D eigenvalue weighted by Crippen LogP contribution is 2.19. The zero-order chi connectivity index (χ0) is 13.7. The van der Waals surface area contributed by atoms with Crippen LogP contribution < -0.4 is 10.6 Å². The minimum Gasteiger partial charge on any atom is -0.370 e. The fraction of sp³-hybridized carbons (Fsp3) is 0.357. The molecular weight excluding hydrogens is 238 g/mol. The molecule has 0 radical (unpaired) electrons. The highest BCUT2D eigenvalue weighted by Gasteiger charge is 2.06. The van der Waals surface area contributed by atoms with Crippen LogP contribution in [0, 0.1) is 13.8 Å². The van der Waals surface area contributed by atoms with E-state index in [0.29, 0.717) is 0 Å². The number of nitrogens with one attached hydrogen (secondary N) is 2. The minimum atomic E-state index is 0.734. The van der Waals surface area contributed by atoms with Crippen LogP contribution in [-0.4, -0.2) is 21.5 Å². The van der Waals surface area contributed by atoms with Gasteiger partial charge in [0.15, 0.2) is 0 Å². The second-order valence-electron chi connectivity index (χ2n) is 4.38. The van der Waals surface area contributed by atoms with Gasteiger partial charge in [-0.3, -0.25) is 4.98 Å². The Hall–Kier alpha value is -2.17. The number of nitrogens with zero attached hydrogens (tertiary/aromatic N) is 3. The zero-order valence-corrected chi connectivity index (χ0v) is 11.6.